The van der Waals surface area contributed by atoms with Crippen molar-refractivity contribution in [1.29, 1.82) is 0 Å². The summed E-state index contributed by atoms with van der Waals surface area (Å²) in [5.74, 6) is 0.980. The Kier molecular flexibility index (Phi) is 6.40. The van der Waals surface area contributed by atoms with E-state index in [2.05, 4.69) is 5.32 Å². The van der Waals surface area contributed by atoms with Crippen molar-refractivity contribution in [2.24, 2.45) is 0 Å². The molecule has 0 aliphatic heterocycles. The molecule has 0 atom stereocenters. The fourth-order valence-corrected chi connectivity index (χ4v) is 3.35. The fraction of sp³-hybridized carbons (Fsp3) is 0.562. The van der Waals surface area contributed by atoms with Gasteiger partial charge in [-0.25, -0.2) is 0 Å². The second-order valence-corrected chi connectivity index (χ2v) is 6.47. The number of thioether (sulfide) groups is 1. The molecule has 2 N–H and O–H groups in total. The van der Waals surface area contributed by atoms with Gasteiger partial charge < -0.3 is 10.4 Å². The molecule has 1 aliphatic rings. The molecule has 4 heteroatoms. The predicted octanol–water partition coefficient (Wildman–Crippen LogP) is 3.11. The van der Waals surface area contributed by atoms with E-state index in [9.17, 15) is 4.79 Å². The van der Waals surface area contributed by atoms with E-state index in [-0.39, 0.29) is 12.5 Å². The Hall–Kier alpha value is -1.00. The van der Waals surface area contributed by atoms with Gasteiger partial charge >= 0.3 is 0 Å². The highest BCUT2D eigenvalue weighted by Crippen LogP contribution is 2.20. The Labute approximate surface area is 125 Å². The molecular formula is C16H23NO2S. The molecule has 0 unspecified atom stereocenters. The molecule has 0 spiro atoms. The molecule has 1 saturated carbocycles. The number of hydrogen-bond donors (Lipinski definition) is 2. The quantitative estimate of drug-likeness (QED) is 0.792. The highest BCUT2D eigenvalue weighted by Gasteiger charge is 2.15. The molecule has 3 nitrogen and oxygen atoms in total. The summed E-state index contributed by atoms with van der Waals surface area (Å²) in [5, 5.41) is 12.1. The summed E-state index contributed by atoms with van der Waals surface area (Å²) in [6, 6.07) is 8.24. The summed E-state index contributed by atoms with van der Waals surface area (Å²) in [6.07, 6.45) is 6.66. The van der Waals surface area contributed by atoms with Crippen LogP contribution >= 0.6 is 11.8 Å². The van der Waals surface area contributed by atoms with E-state index in [1.807, 2.05) is 24.3 Å². The van der Waals surface area contributed by atoms with E-state index in [0.29, 0.717) is 12.5 Å². The van der Waals surface area contributed by atoms with E-state index in [4.69, 9.17) is 5.11 Å². The normalized spacial score (nSPS) is 16.1. The maximum atomic E-state index is 11.8. The van der Waals surface area contributed by atoms with Crippen LogP contribution in [-0.2, 0) is 11.4 Å². The van der Waals surface area contributed by atoms with E-state index < -0.39 is 0 Å². The van der Waals surface area contributed by atoms with Crippen molar-refractivity contribution < 1.29 is 9.90 Å². The molecule has 0 radical (unpaired) electrons. The van der Waals surface area contributed by atoms with Gasteiger partial charge in [-0.05, 0) is 30.5 Å². The zero-order valence-corrected chi connectivity index (χ0v) is 12.6. The molecule has 0 saturated heterocycles. The summed E-state index contributed by atoms with van der Waals surface area (Å²) >= 11 is 1.69. The van der Waals surface area contributed by atoms with Gasteiger partial charge in [0, 0.05) is 23.1 Å². The highest BCUT2D eigenvalue weighted by atomic mass is 32.2. The lowest BCUT2D eigenvalue weighted by atomic mass is 9.95. The first-order chi connectivity index (χ1) is 9.78. The van der Waals surface area contributed by atoms with Gasteiger partial charge in [-0.2, -0.15) is 0 Å². The van der Waals surface area contributed by atoms with Gasteiger partial charge in [0.05, 0.1) is 6.61 Å². The second-order valence-electron chi connectivity index (χ2n) is 5.30. The van der Waals surface area contributed by atoms with Gasteiger partial charge in [-0.1, -0.05) is 31.4 Å². The highest BCUT2D eigenvalue weighted by molar-refractivity contribution is 7.99. The number of aliphatic hydroxyl groups is 1. The molecule has 2 rings (SSSR count). The Morgan fingerprint density at radius 3 is 2.55 bits per heavy atom. The lowest BCUT2D eigenvalue weighted by Gasteiger charge is -2.22. The first-order valence-corrected chi connectivity index (χ1v) is 8.38. The first-order valence-electron chi connectivity index (χ1n) is 7.40. The number of benzene rings is 1. The average Bonchev–Trinajstić information content (AvgIpc) is 2.49. The number of hydrogen-bond acceptors (Lipinski definition) is 3. The first kappa shape index (κ1) is 15.4. The van der Waals surface area contributed by atoms with Gasteiger partial charge in [0.25, 0.3) is 0 Å². The number of amides is 1. The van der Waals surface area contributed by atoms with Crippen LogP contribution < -0.4 is 5.32 Å². The van der Waals surface area contributed by atoms with Crippen molar-refractivity contribution in [3.8, 4) is 0 Å². The number of carbonyl (C=O) groups is 1. The molecular weight excluding hydrogens is 270 g/mol. The third-order valence-electron chi connectivity index (χ3n) is 3.67. The van der Waals surface area contributed by atoms with E-state index in [1.165, 1.54) is 19.3 Å². The molecule has 1 fully saturated rings. The van der Waals surface area contributed by atoms with Gasteiger partial charge in [-0.15, -0.1) is 11.8 Å². The van der Waals surface area contributed by atoms with Crippen molar-refractivity contribution in [2.45, 2.75) is 56.1 Å². The molecule has 110 valence electrons. The maximum absolute atomic E-state index is 11.8. The van der Waals surface area contributed by atoms with Crippen LogP contribution in [0.4, 0.5) is 0 Å². The molecule has 20 heavy (non-hydrogen) atoms. The summed E-state index contributed by atoms with van der Waals surface area (Å²) < 4.78 is 0. The monoisotopic (exact) mass is 293 g/mol. The van der Waals surface area contributed by atoms with Crippen molar-refractivity contribution in [3.63, 3.8) is 0 Å². The molecule has 0 heterocycles. The summed E-state index contributed by atoms with van der Waals surface area (Å²) in [4.78, 5) is 13.0. The molecule has 0 aromatic heterocycles. The lowest BCUT2D eigenvalue weighted by molar-refractivity contribution is -0.121. The van der Waals surface area contributed by atoms with Crippen molar-refractivity contribution in [1.82, 2.24) is 5.32 Å². The van der Waals surface area contributed by atoms with E-state index >= 15 is 0 Å². The third kappa shape index (κ3) is 5.17. The summed E-state index contributed by atoms with van der Waals surface area (Å²) in [5.41, 5.74) is 0.921. The molecule has 1 amide bonds. The summed E-state index contributed by atoms with van der Waals surface area (Å²) in [6.45, 7) is 0.0781. The smallest absolute Gasteiger partial charge is 0.221 e. The molecule has 0 bridgehead atoms. The predicted molar refractivity (Wildman–Crippen MR) is 82.7 cm³/mol. The van der Waals surface area contributed by atoms with Crippen LogP contribution in [0.25, 0.3) is 0 Å². The van der Waals surface area contributed by atoms with Crippen LogP contribution in [0.3, 0.4) is 0 Å². The SMILES string of the molecule is O=C(CCSc1ccc(CO)cc1)NC1CCCCC1. The Balaban J connectivity index is 1.65. The standard InChI is InChI=1S/C16H23NO2S/c18-12-13-6-8-15(9-7-13)20-11-10-16(19)17-14-4-2-1-3-5-14/h6-9,14,18H,1-5,10-12H2,(H,17,19). The maximum Gasteiger partial charge on any atom is 0.221 e. The minimum Gasteiger partial charge on any atom is -0.392 e. The van der Waals surface area contributed by atoms with Crippen LogP contribution in [0.15, 0.2) is 29.2 Å². The van der Waals surface area contributed by atoms with Gasteiger partial charge in [0.2, 0.25) is 5.91 Å². The topological polar surface area (TPSA) is 49.3 Å². The van der Waals surface area contributed by atoms with E-state index in [1.54, 1.807) is 11.8 Å². The van der Waals surface area contributed by atoms with Crippen LogP contribution in [0.2, 0.25) is 0 Å². The largest absolute Gasteiger partial charge is 0.392 e. The van der Waals surface area contributed by atoms with E-state index in [0.717, 1.165) is 29.1 Å². The van der Waals surface area contributed by atoms with Crippen molar-refractivity contribution >= 4 is 17.7 Å². The zero-order chi connectivity index (χ0) is 14.2. The second kappa shape index (κ2) is 8.32. The average molecular weight is 293 g/mol. The Morgan fingerprint density at radius 2 is 1.90 bits per heavy atom. The van der Waals surface area contributed by atoms with Gasteiger partial charge in [0.1, 0.15) is 0 Å². The fourth-order valence-electron chi connectivity index (χ4n) is 2.50. The number of nitrogens with one attached hydrogen (secondary N) is 1. The molecule has 1 aliphatic carbocycles. The van der Waals surface area contributed by atoms with Crippen molar-refractivity contribution in [2.75, 3.05) is 5.75 Å². The minimum atomic E-state index is 0.0781. The van der Waals surface area contributed by atoms with Crippen molar-refractivity contribution in [3.05, 3.63) is 29.8 Å². The third-order valence-corrected chi connectivity index (χ3v) is 4.69. The Bertz CT molecular complexity index is 413. The molecule has 1 aromatic carbocycles. The molecule has 1 aromatic rings. The number of rotatable bonds is 6. The van der Waals surface area contributed by atoms with Crippen LogP contribution in [0, 0.1) is 0 Å². The minimum absolute atomic E-state index is 0.0781. The van der Waals surface area contributed by atoms with Gasteiger partial charge in [-0.3, -0.25) is 4.79 Å². The zero-order valence-electron chi connectivity index (χ0n) is 11.8. The van der Waals surface area contributed by atoms with Crippen LogP contribution in [0.5, 0.6) is 0 Å². The van der Waals surface area contributed by atoms with Crippen LogP contribution in [-0.4, -0.2) is 22.8 Å². The van der Waals surface area contributed by atoms with Crippen LogP contribution in [0.1, 0.15) is 44.1 Å². The lowest BCUT2D eigenvalue weighted by Crippen LogP contribution is -2.36. The number of carbonyl (C=O) groups excluding carboxylic acids is 1. The Morgan fingerprint density at radius 1 is 1.20 bits per heavy atom. The van der Waals surface area contributed by atoms with Gasteiger partial charge in [0.15, 0.2) is 0 Å². The number of aliphatic hydroxyl groups excluding tert-OH is 1. The summed E-state index contributed by atoms with van der Waals surface area (Å²) in [7, 11) is 0.